The van der Waals surface area contributed by atoms with Gasteiger partial charge in [-0.2, -0.15) is 0 Å². The van der Waals surface area contributed by atoms with E-state index in [1.54, 1.807) is 0 Å². The lowest BCUT2D eigenvalue weighted by atomic mass is 10.1. The van der Waals surface area contributed by atoms with Gasteiger partial charge >= 0.3 is 0 Å². The maximum atomic E-state index is 11.6. The fraction of sp³-hybridized carbons (Fsp3) is 0.923. The summed E-state index contributed by atoms with van der Waals surface area (Å²) in [6.45, 7) is 7.33. The largest absolute Gasteiger partial charge is 0.381 e. The van der Waals surface area contributed by atoms with Gasteiger partial charge in [-0.05, 0) is 38.1 Å². The summed E-state index contributed by atoms with van der Waals surface area (Å²) in [5.41, 5.74) is 0. The molecular formula is C13H26N2O2. The Bertz CT molecular complexity index is 211. The second-order valence-electron chi connectivity index (χ2n) is 4.78. The number of nitrogens with one attached hydrogen (secondary N) is 2. The van der Waals surface area contributed by atoms with Crippen molar-refractivity contribution in [3.63, 3.8) is 0 Å². The highest BCUT2D eigenvalue weighted by molar-refractivity contribution is 5.78. The first-order valence-electron chi connectivity index (χ1n) is 6.84. The lowest BCUT2D eigenvalue weighted by Gasteiger charge is -2.15. The van der Waals surface area contributed by atoms with Gasteiger partial charge in [-0.25, -0.2) is 0 Å². The second-order valence-corrected chi connectivity index (χ2v) is 4.78. The van der Waals surface area contributed by atoms with Gasteiger partial charge in [0.25, 0.3) is 0 Å². The molecule has 1 amide bonds. The maximum absolute atomic E-state index is 11.6. The summed E-state index contributed by atoms with van der Waals surface area (Å²) in [6, 6.07) is 0.326. The molecule has 2 N–H and O–H groups in total. The summed E-state index contributed by atoms with van der Waals surface area (Å²) in [4.78, 5) is 11.6. The van der Waals surface area contributed by atoms with Gasteiger partial charge in [0.15, 0.2) is 0 Å². The van der Waals surface area contributed by atoms with Crippen LogP contribution in [0.15, 0.2) is 0 Å². The Labute approximate surface area is 104 Å². The van der Waals surface area contributed by atoms with Crippen molar-refractivity contribution in [2.24, 2.45) is 5.92 Å². The molecule has 1 unspecified atom stereocenters. The van der Waals surface area contributed by atoms with Gasteiger partial charge in [0.05, 0.1) is 6.54 Å². The second kappa shape index (κ2) is 8.48. The van der Waals surface area contributed by atoms with Crippen LogP contribution in [-0.2, 0) is 9.53 Å². The average molecular weight is 242 g/mol. The van der Waals surface area contributed by atoms with Crippen LogP contribution < -0.4 is 10.6 Å². The van der Waals surface area contributed by atoms with Crippen LogP contribution in [0.3, 0.4) is 0 Å². The van der Waals surface area contributed by atoms with Gasteiger partial charge in [0.2, 0.25) is 5.91 Å². The molecule has 100 valence electrons. The first-order valence-corrected chi connectivity index (χ1v) is 6.84. The molecule has 0 spiro atoms. The molecule has 0 aromatic carbocycles. The van der Waals surface area contributed by atoms with Gasteiger partial charge in [-0.15, -0.1) is 0 Å². The third kappa shape index (κ3) is 6.03. The normalized spacial score (nSPS) is 19.8. The molecule has 1 atom stereocenters. The SMILES string of the molecule is CCC(CC)NC(=O)CNCCC1CCOC1. The van der Waals surface area contributed by atoms with Crippen molar-refractivity contribution in [1.29, 1.82) is 0 Å². The van der Waals surface area contributed by atoms with E-state index in [0.29, 0.717) is 18.5 Å². The lowest BCUT2D eigenvalue weighted by Crippen LogP contribution is -2.40. The van der Waals surface area contributed by atoms with Crippen LogP contribution in [0.2, 0.25) is 0 Å². The van der Waals surface area contributed by atoms with E-state index in [2.05, 4.69) is 24.5 Å². The topological polar surface area (TPSA) is 50.4 Å². The van der Waals surface area contributed by atoms with Crippen molar-refractivity contribution in [2.45, 2.75) is 45.6 Å². The Kier molecular flexibility index (Phi) is 7.21. The smallest absolute Gasteiger partial charge is 0.234 e. The third-order valence-electron chi connectivity index (χ3n) is 3.39. The number of amides is 1. The van der Waals surface area contributed by atoms with Crippen LogP contribution in [0.5, 0.6) is 0 Å². The van der Waals surface area contributed by atoms with Gasteiger partial charge in [0.1, 0.15) is 0 Å². The van der Waals surface area contributed by atoms with Crippen molar-refractivity contribution in [3.05, 3.63) is 0 Å². The van der Waals surface area contributed by atoms with E-state index in [1.165, 1.54) is 6.42 Å². The molecule has 4 heteroatoms. The summed E-state index contributed by atoms with van der Waals surface area (Å²) in [5, 5.41) is 6.22. The quantitative estimate of drug-likeness (QED) is 0.631. The standard InChI is InChI=1S/C13H26N2O2/c1-3-12(4-2)15-13(16)9-14-7-5-11-6-8-17-10-11/h11-12,14H,3-10H2,1-2H3,(H,15,16). The minimum Gasteiger partial charge on any atom is -0.381 e. The van der Waals surface area contributed by atoms with E-state index in [-0.39, 0.29) is 5.91 Å². The number of carbonyl (C=O) groups excluding carboxylic acids is 1. The van der Waals surface area contributed by atoms with E-state index in [4.69, 9.17) is 4.74 Å². The van der Waals surface area contributed by atoms with Gasteiger partial charge in [-0.1, -0.05) is 13.8 Å². The Hall–Kier alpha value is -0.610. The molecule has 1 heterocycles. The average Bonchev–Trinajstić information content (AvgIpc) is 2.84. The van der Waals surface area contributed by atoms with Gasteiger partial charge in [-0.3, -0.25) is 4.79 Å². The number of hydrogen-bond acceptors (Lipinski definition) is 3. The molecule has 1 fully saturated rings. The van der Waals surface area contributed by atoms with Crippen LogP contribution in [0, 0.1) is 5.92 Å². The molecule has 1 saturated heterocycles. The third-order valence-corrected chi connectivity index (χ3v) is 3.39. The van der Waals surface area contributed by atoms with Crippen LogP contribution in [0.25, 0.3) is 0 Å². The van der Waals surface area contributed by atoms with E-state index in [0.717, 1.165) is 39.0 Å². The number of rotatable bonds is 8. The summed E-state index contributed by atoms with van der Waals surface area (Å²) in [5.74, 6) is 0.797. The first-order chi connectivity index (χ1) is 8.26. The molecule has 0 aromatic heterocycles. The maximum Gasteiger partial charge on any atom is 0.234 e. The molecule has 4 nitrogen and oxygen atoms in total. The Morgan fingerprint density at radius 1 is 1.41 bits per heavy atom. The van der Waals surface area contributed by atoms with Crippen LogP contribution in [-0.4, -0.2) is 38.3 Å². The first kappa shape index (κ1) is 14.5. The Balaban J connectivity index is 1.99. The molecule has 0 aliphatic carbocycles. The summed E-state index contributed by atoms with van der Waals surface area (Å²) >= 11 is 0. The van der Waals surface area contributed by atoms with E-state index in [1.807, 2.05) is 0 Å². The summed E-state index contributed by atoms with van der Waals surface area (Å²) < 4.78 is 5.31. The molecule has 17 heavy (non-hydrogen) atoms. The fourth-order valence-electron chi connectivity index (χ4n) is 2.09. The number of ether oxygens (including phenoxy) is 1. The van der Waals surface area contributed by atoms with Crippen LogP contribution in [0.1, 0.15) is 39.5 Å². The van der Waals surface area contributed by atoms with E-state index >= 15 is 0 Å². The van der Waals surface area contributed by atoms with E-state index in [9.17, 15) is 4.79 Å². The highest BCUT2D eigenvalue weighted by Crippen LogP contribution is 2.14. The summed E-state index contributed by atoms with van der Waals surface area (Å²) in [7, 11) is 0. The molecule has 0 saturated carbocycles. The lowest BCUT2D eigenvalue weighted by molar-refractivity contribution is -0.121. The van der Waals surface area contributed by atoms with Crippen molar-refractivity contribution in [1.82, 2.24) is 10.6 Å². The Morgan fingerprint density at radius 3 is 2.76 bits per heavy atom. The fourth-order valence-corrected chi connectivity index (χ4v) is 2.09. The van der Waals surface area contributed by atoms with Crippen molar-refractivity contribution in [2.75, 3.05) is 26.3 Å². The van der Waals surface area contributed by atoms with Crippen molar-refractivity contribution < 1.29 is 9.53 Å². The van der Waals surface area contributed by atoms with Crippen molar-refractivity contribution in [3.8, 4) is 0 Å². The van der Waals surface area contributed by atoms with Crippen LogP contribution in [0.4, 0.5) is 0 Å². The zero-order valence-electron chi connectivity index (χ0n) is 11.1. The van der Waals surface area contributed by atoms with E-state index < -0.39 is 0 Å². The van der Waals surface area contributed by atoms with Gasteiger partial charge < -0.3 is 15.4 Å². The number of carbonyl (C=O) groups is 1. The molecule has 1 aliphatic rings. The zero-order chi connectivity index (χ0) is 12.5. The molecular weight excluding hydrogens is 216 g/mol. The minimum atomic E-state index is 0.112. The minimum absolute atomic E-state index is 0.112. The molecule has 1 rings (SSSR count). The number of hydrogen-bond donors (Lipinski definition) is 2. The summed E-state index contributed by atoms with van der Waals surface area (Å²) in [6.07, 6.45) is 4.28. The molecule has 0 radical (unpaired) electrons. The van der Waals surface area contributed by atoms with Crippen LogP contribution >= 0.6 is 0 Å². The highest BCUT2D eigenvalue weighted by Gasteiger charge is 2.15. The molecule has 0 aromatic rings. The van der Waals surface area contributed by atoms with Crippen molar-refractivity contribution >= 4 is 5.91 Å². The molecule has 0 bridgehead atoms. The predicted octanol–water partition coefficient (Wildman–Crippen LogP) is 1.31. The Morgan fingerprint density at radius 2 is 2.18 bits per heavy atom. The van der Waals surface area contributed by atoms with Gasteiger partial charge in [0, 0.05) is 19.3 Å². The molecule has 1 aliphatic heterocycles. The zero-order valence-corrected chi connectivity index (χ0v) is 11.1. The predicted molar refractivity (Wildman–Crippen MR) is 68.9 cm³/mol. The monoisotopic (exact) mass is 242 g/mol. The highest BCUT2D eigenvalue weighted by atomic mass is 16.5.